The molecule has 2 nitrogen and oxygen atoms in total. The first kappa shape index (κ1) is 14.3. The van der Waals surface area contributed by atoms with E-state index >= 15 is 0 Å². The second-order valence-electron chi connectivity index (χ2n) is 5.45. The third-order valence-corrected chi connectivity index (χ3v) is 3.94. The van der Waals surface area contributed by atoms with Crippen molar-refractivity contribution in [2.75, 3.05) is 5.32 Å². The monoisotopic (exact) mass is 267 g/mol. The van der Waals surface area contributed by atoms with Crippen LogP contribution in [0.2, 0.25) is 0 Å². The number of carbonyl (C=O) groups excluding carboxylic acids is 1. The maximum atomic E-state index is 12.5. The third-order valence-electron chi connectivity index (χ3n) is 3.94. The fourth-order valence-electron chi connectivity index (χ4n) is 2.28. The Bertz CT molecular complexity index is 671. The van der Waals surface area contributed by atoms with Gasteiger partial charge in [-0.05, 0) is 74.6 Å². The van der Waals surface area contributed by atoms with Gasteiger partial charge in [0, 0.05) is 11.3 Å². The molecule has 1 amide bonds. The van der Waals surface area contributed by atoms with E-state index in [-0.39, 0.29) is 5.91 Å². The Morgan fingerprint density at radius 1 is 0.850 bits per heavy atom. The highest BCUT2D eigenvalue weighted by Crippen LogP contribution is 2.21. The number of amides is 1. The molecule has 2 heteroatoms. The SMILES string of the molecule is Cc1cc(C)c(C(=O)Nc2cccc(C)c2C)cc1C. The minimum absolute atomic E-state index is 0.0423. The van der Waals surface area contributed by atoms with Crippen LogP contribution in [0.15, 0.2) is 30.3 Å². The molecule has 0 aliphatic carbocycles. The maximum Gasteiger partial charge on any atom is 0.255 e. The minimum atomic E-state index is -0.0423. The topological polar surface area (TPSA) is 29.1 Å². The summed E-state index contributed by atoms with van der Waals surface area (Å²) in [4.78, 5) is 12.5. The van der Waals surface area contributed by atoms with Gasteiger partial charge in [-0.25, -0.2) is 0 Å². The van der Waals surface area contributed by atoms with Gasteiger partial charge in [-0.15, -0.1) is 0 Å². The number of anilines is 1. The van der Waals surface area contributed by atoms with Gasteiger partial charge in [0.05, 0.1) is 0 Å². The van der Waals surface area contributed by atoms with Crippen LogP contribution in [0.4, 0.5) is 5.69 Å². The van der Waals surface area contributed by atoms with E-state index in [1.807, 2.05) is 52.0 Å². The fraction of sp³-hybridized carbons (Fsp3) is 0.278. The van der Waals surface area contributed by atoms with Gasteiger partial charge in [-0.3, -0.25) is 4.79 Å². The molecule has 20 heavy (non-hydrogen) atoms. The molecule has 0 aromatic heterocycles. The average molecular weight is 267 g/mol. The molecule has 0 radical (unpaired) electrons. The lowest BCUT2D eigenvalue weighted by atomic mass is 10.00. The van der Waals surface area contributed by atoms with E-state index in [9.17, 15) is 4.79 Å². The first-order valence-electron chi connectivity index (χ1n) is 6.85. The van der Waals surface area contributed by atoms with Crippen LogP contribution in [-0.4, -0.2) is 5.91 Å². The van der Waals surface area contributed by atoms with E-state index in [0.29, 0.717) is 0 Å². The molecule has 0 saturated carbocycles. The highest BCUT2D eigenvalue weighted by molar-refractivity contribution is 6.05. The van der Waals surface area contributed by atoms with E-state index in [2.05, 4.69) is 18.3 Å². The van der Waals surface area contributed by atoms with Crippen molar-refractivity contribution in [3.8, 4) is 0 Å². The molecular weight excluding hydrogens is 246 g/mol. The summed E-state index contributed by atoms with van der Waals surface area (Å²) in [6, 6.07) is 9.98. The summed E-state index contributed by atoms with van der Waals surface area (Å²) in [6.45, 7) is 10.1. The van der Waals surface area contributed by atoms with Gasteiger partial charge in [-0.2, -0.15) is 0 Å². The smallest absolute Gasteiger partial charge is 0.255 e. The van der Waals surface area contributed by atoms with Crippen molar-refractivity contribution in [1.29, 1.82) is 0 Å². The average Bonchev–Trinajstić information content (AvgIpc) is 2.39. The Morgan fingerprint density at radius 2 is 1.50 bits per heavy atom. The van der Waals surface area contributed by atoms with Crippen LogP contribution >= 0.6 is 0 Å². The molecule has 0 atom stereocenters. The zero-order valence-corrected chi connectivity index (χ0v) is 12.8. The van der Waals surface area contributed by atoms with Crippen molar-refractivity contribution in [2.24, 2.45) is 0 Å². The van der Waals surface area contributed by atoms with Gasteiger partial charge in [0.15, 0.2) is 0 Å². The fourth-order valence-corrected chi connectivity index (χ4v) is 2.28. The van der Waals surface area contributed by atoms with E-state index in [1.54, 1.807) is 0 Å². The first-order valence-corrected chi connectivity index (χ1v) is 6.85. The van der Waals surface area contributed by atoms with Crippen molar-refractivity contribution in [3.63, 3.8) is 0 Å². The number of nitrogens with one attached hydrogen (secondary N) is 1. The third kappa shape index (κ3) is 2.74. The predicted octanol–water partition coefficient (Wildman–Crippen LogP) is 4.48. The van der Waals surface area contributed by atoms with E-state index in [0.717, 1.165) is 27.9 Å². The summed E-state index contributed by atoms with van der Waals surface area (Å²) in [5, 5.41) is 3.02. The highest BCUT2D eigenvalue weighted by atomic mass is 16.1. The van der Waals surface area contributed by atoms with E-state index < -0.39 is 0 Å². The molecule has 0 unspecified atom stereocenters. The summed E-state index contributed by atoms with van der Waals surface area (Å²) < 4.78 is 0. The molecule has 1 N–H and O–H groups in total. The van der Waals surface area contributed by atoms with Crippen LogP contribution in [0.5, 0.6) is 0 Å². The quantitative estimate of drug-likeness (QED) is 0.854. The highest BCUT2D eigenvalue weighted by Gasteiger charge is 2.12. The molecule has 0 fully saturated rings. The molecular formula is C18H21NO. The Labute approximate surface area is 120 Å². The van der Waals surface area contributed by atoms with Crippen LogP contribution < -0.4 is 5.32 Å². The summed E-state index contributed by atoms with van der Waals surface area (Å²) in [5.74, 6) is -0.0423. The predicted molar refractivity (Wildman–Crippen MR) is 84.5 cm³/mol. The van der Waals surface area contributed by atoms with Crippen LogP contribution in [-0.2, 0) is 0 Å². The maximum absolute atomic E-state index is 12.5. The number of hydrogen-bond donors (Lipinski definition) is 1. The molecule has 2 aromatic carbocycles. The molecule has 0 saturated heterocycles. The van der Waals surface area contributed by atoms with Crippen LogP contribution in [0.1, 0.15) is 38.2 Å². The van der Waals surface area contributed by atoms with Crippen LogP contribution in [0.3, 0.4) is 0 Å². The molecule has 0 aliphatic heterocycles. The number of aryl methyl sites for hydroxylation is 4. The zero-order chi connectivity index (χ0) is 14.9. The van der Waals surface area contributed by atoms with Crippen molar-refractivity contribution in [2.45, 2.75) is 34.6 Å². The standard InChI is InChI=1S/C18H21NO/c1-11-7-6-8-17(15(11)5)19-18(20)16-10-13(3)12(2)9-14(16)4/h6-10H,1-5H3,(H,19,20). The molecule has 0 spiro atoms. The van der Waals surface area contributed by atoms with Crippen molar-refractivity contribution in [3.05, 3.63) is 63.7 Å². The number of benzene rings is 2. The van der Waals surface area contributed by atoms with Gasteiger partial charge >= 0.3 is 0 Å². The summed E-state index contributed by atoms with van der Waals surface area (Å²) in [6.07, 6.45) is 0. The molecule has 2 aromatic rings. The van der Waals surface area contributed by atoms with Crippen LogP contribution in [0, 0.1) is 34.6 Å². The lowest BCUT2D eigenvalue weighted by molar-refractivity contribution is 0.102. The summed E-state index contributed by atoms with van der Waals surface area (Å²) >= 11 is 0. The van der Waals surface area contributed by atoms with E-state index in [1.165, 1.54) is 11.1 Å². The van der Waals surface area contributed by atoms with Gasteiger partial charge in [0.1, 0.15) is 0 Å². The van der Waals surface area contributed by atoms with Crippen LogP contribution in [0.25, 0.3) is 0 Å². The second kappa shape index (κ2) is 5.49. The van der Waals surface area contributed by atoms with Crippen molar-refractivity contribution >= 4 is 11.6 Å². The molecule has 0 heterocycles. The van der Waals surface area contributed by atoms with Gasteiger partial charge < -0.3 is 5.32 Å². The molecule has 0 bridgehead atoms. The largest absolute Gasteiger partial charge is 0.322 e. The number of hydrogen-bond acceptors (Lipinski definition) is 1. The normalized spacial score (nSPS) is 10.4. The number of rotatable bonds is 2. The minimum Gasteiger partial charge on any atom is -0.322 e. The first-order chi connectivity index (χ1) is 9.40. The second-order valence-corrected chi connectivity index (χ2v) is 5.45. The Kier molecular flexibility index (Phi) is 3.93. The van der Waals surface area contributed by atoms with Gasteiger partial charge in [-0.1, -0.05) is 18.2 Å². The van der Waals surface area contributed by atoms with Gasteiger partial charge in [0.25, 0.3) is 5.91 Å². The van der Waals surface area contributed by atoms with Gasteiger partial charge in [0.2, 0.25) is 0 Å². The van der Waals surface area contributed by atoms with E-state index in [4.69, 9.17) is 0 Å². The molecule has 0 aliphatic rings. The molecule has 104 valence electrons. The lowest BCUT2D eigenvalue weighted by Gasteiger charge is -2.13. The summed E-state index contributed by atoms with van der Waals surface area (Å²) in [5.41, 5.74) is 7.28. The lowest BCUT2D eigenvalue weighted by Crippen LogP contribution is -2.15. The Hall–Kier alpha value is -2.09. The zero-order valence-electron chi connectivity index (χ0n) is 12.8. The Morgan fingerprint density at radius 3 is 2.20 bits per heavy atom. The van der Waals surface area contributed by atoms with Crippen molar-refractivity contribution in [1.82, 2.24) is 0 Å². The van der Waals surface area contributed by atoms with Crippen molar-refractivity contribution < 1.29 is 4.79 Å². The summed E-state index contributed by atoms with van der Waals surface area (Å²) in [7, 11) is 0. The Balaban J connectivity index is 2.33. The number of carbonyl (C=O) groups is 1. The molecule has 2 rings (SSSR count).